The molecule has 5 heteroatoms. The smallest absolute Gasteiger partial charge is 0.279 e. The van der Waals surface area contributed by atoms with E-state index < -0.39 is 17.7 Å². The number of pyridine rings is 1. The highest BCUT2D eigenvalue weighted by atomic mass is 35.5. The number of H-pyrrole nitrogens is 1. The zero-order valence-electron chi connectivity index (χ0n) is 6.20. The highest BCUT2D eigenvalue weighted by Gasteiger charge is 2.13. The number of nitrogens with one attached hydrogen (secondary N) is 1. The van der Waals surface area contributed by atoms with E-state index in [-0.39, 0.29) is 5.02 Å². The van der Waals surface area contributed by atoms with Crippen molar-refractivity contribution in [1.82, 2.24) is 4.98 Å². The quantitative estimate of drug-likeness (QED) is 0.729. The van der Waals surface area contributed by atoms with Crippen LogP contribution in [0.15, 0.2) is 10.9 Å². The molecule has 0 spiro atoms. The fourth-order valence-corrected chi connectivity index (χ4v) is 1.07. The molecule has 0 aliphatic carbocycles. The first kappa shape index (κ1) is 9.19. The van der Waals surface area contributed by atoms with E-state index in [4.69, 9.17) is 11.6 Å². The van der Waals surface area contributed by atoms with Crippen LogP contribution >= 0.6 is 11.6 Å². The van der Waals surface area contributed by atoms with E-state index in [1.54, 1.807) is 0 Å². The molecule has 0 fully saturated rings. The number of rotatable bonds is 1. The van der Waals surface area contributed by atoms with Gasteiger partial charge in [-0.3, -0.25) is 4.79 Å². The first-order chi connectivity index (χ1) is 5.52. The lowest BCUT2D eigenvalue weighted by atomic mass is 10.3. The minimum Gasteiger partial charge on any atom is -0.320 e. The number of hydrogen-bond acceptors (Lipinski definition) is 1. The molecular weight excluding hydrogens is 188 g/mol. The minimum atomic E-state index is -2.74. The molecule has 1 aromatic heterocycles. The molecule has 12 heavy (non-hydrogen) atoms. The summed E-state index contributed by atoms with van der Waals surface area (Å²) < 4.78 is 24.2. The maximum Gasteiger partial charge on any atom is 0.279 e. The Bertz CT molecular complexity index is 348. The lowest BCUT2D eigenvalue weighted by Crippen LogP contribution is -2.12. The number of aryl methyl sites for hydroxylation is 1. The molecule has 0 amide bonds. The van der Waals surface area contributed by atoms with Gasteiger partial charge in [-0.15, -0.1) is 0 Å². The van der Waals surface area contributed by atoms with E-state index in [0.717, 1.165) is 0 Å². The van der Waals surface area contributed by atoms with E-state index in [1.165, 1.54) is 13.0 Å². The normalized spacial score (nSPS) is 10.8. The van der Waals surface area contributed by atoms with E-state index in [9.17, 15) is 13.6 Å². The number of alkyl halides is 2. The molecule has 0 radical (unpaired) electrons. The lowest BCUT2D eigenvalue weighted by Gasteiger charge is -2.02. The summed E-state index contributed by atoms with van der Waals surface area (Å²) in [5.74, 6) is 0. The van der Waals surface area contributed by atoms with Crippen LogP contribution in [-0.2, 0) is 0 Å². The van der Waals surface area contributed by atoms with Crippen molar-refractivity contribution < 1.29 is 8.78 Å². The van der Waals surface area contributed by atoms with Gasteiger partial charge in [0.25, 0.3) is 12.0 Å². The molecule has 66 valence electrons. The molecule has 1 heterocycles. The highest BCUT2D eigenvalue weighted by molar-refractivity contribution is 6.31. The maximum atomic E-state index is 12.1. The zero-order chi connectivity index (χ0) is 9.30. The van der Waals surface area contributed by atoms with Crippen molar-refractivity contribution in [1.29, 1.82) is 0 Å². The van der Waals surface area contributed by atoms with Crippen LogP contribution in [-0.4, -0.2) is 4.98 Å². The van der Waals surface area contributed by atoms with Gasteiger partial charge in [-0.2, -0.15) is 0 Å². The van der Waals surface area contributed by atoms with Gasteiger partial charge in [0.15, 0.2) is 0 Å². The number of hydrogen-bond donors (Lipinski definition) is 1. The van der Waals surface area contributed by atoms with Gasteiger partial charge in [-0.1, -0.05) is 11.6 Å². The standard InChI is InChI=1S/C7H6ClF2NO/c1-3-2-4(8)5(6(9)10)11-7(3)12/h2,6H,1H3,(H,11,12). The largest absolute Gasteiger partial charge is 0.320 e. The SMILES string of the molecule is Cc1cc(Cl)c(C(F)F)[nH]c1=O. The van der Waals surface area contributed by atoms with Crippen molar-refractivity contribution in [2.24, 2.45) is 0 Å². The Balaban J connectivity index is 3.33. The fourth-order valence-electron chi connectivity index (χ4n) is 0.773. The lowest BCUT2D eigenvalue weighted by molar-refractivity contribution is 0.146. The van der Waals surface area contributed by atoms with Crippen molar-refractivity contribution in [2.45, 2.75) is 13.3 Å². The monoisotopic (exact) mass is 193 g/mol. The summed E-state index contributed by atoms with van der Waals surface area (Å²) in [5, 5.41) is -0.109. The van der Waals surface area contributed by atoms with Gasteiger partial charge in [0.05, 0.1) is 5.02 Å². The summed E-state index contributed by atoms with van der Waals surface area (Å²) in [7, 11) is 0. The predicted octanol–water partition coefficient (Wildman–Crippen LogP) is 2.27. The number of aromatic nitrogens is 1. The summed E-state index contributed by atoms with van der Waals surface area (Å²) in [5.41, 5.74) is -0.730. The molecule has 0 atom stereocenters. The molecule has 0 aliphatic rings. The van der Waals surface area contributed by atoms with Crippen LogP contribution < -0.4 is 5.56 Å². The molecule has 2 nitrogen and oxygen atoms in total. The topological polar surface area (TPSA) is 32.9 Å². The predicted molar refractivity (Wildman–Crippen MR) is 41.8 cm³/mol. The first-order valence-electron chi connectivity index (χ1n) is 3.20. The second-order valence-corrected chi connectivity index (χ2v) is 2.75. The number of aromatic amines is 1. The average Bonchev–Trinajstić information content (AvgIpc) is 1.96. The van der Waals surface area contributed by atoms with Crippen LogP contribution in [0.25, 0.3) is 0 Å². The van der Waals surface area contributed by atoms with E-state index in [1.807, 2.05) is 4.98 Å². The molecule has 0 unspecified atom stereocenters. The molecule has 0 aromatic carbocycles. The van der Waals surface area contributed by atoms with E-state index in [2.05, 4.69) is 0 Å². The van der Waals surface area contributed by atoms with Crippen LogP contribution in [0.1, 0.15) is 17.7 Å². The summed E-state index contributed by atoms with van der Waals surface area (Å²) in [6, 6.07) is 1.22. The van der Waals surface area contributed by atoms with E-state index in [0.29, 0.717) is 5.56 Å². The molecule has 1 N–H and O–H groups in total. The highest BCUT2D eigenvalue weighted by Crippen LogP contribution is 2.23. The van der Waals surface area contributed by atoms with Crippen molar-refractivity contribution in [3.8, 4) is 0 Å². The Labute approximate surface area is 72.2 Å². The third-order valence-corrected chi connectivity index (χ3v) is 1.74. The molecule has 0 saturated carbocycles. The van der Waals surface area contributed by atoms with Gasteiger partial charge < -0.3 is 4.98 Å². The summed E-state index contributed by atoms with van der Waals surface area (Å²) >= 11 is 5.45. The van der Waals surface area contributed by atoms with Crippen molar-refractivity contribution in [3.63, 3.8) is 0 Å². The summed E-state index contributed by atoms with van der Waals surface area (Å²) in [6.45, 7) is 1.50. The van der Waals surface area contributed by atoms with Crippen LogP contribution in [0.3, 0.4) is 0 Å². The third-order valence-electron chi connectivity index (χ3n) is 1.43. The van der Waals surface area contributed by atoms with Crippen molar-refractivity contribution in [3.05, 3.63) is 32.7 Å². The Morgan fingerprint density at radius 2 is 2.17 bits per heavy atom. The summed E-state index contributed by atoms with van der Waals surface area (Å²) in [4.78, 5) is 12.9. The molecular formula is C7H6ClF2NO. The molecule has 1 rings (SSSR count). The van der Waals surface area contributed by atoms with Crippen molar-refractivity contribution >= 4 is 11.6 Å². The second-order valence-electron chi connectivity index (χ2n) is 2.34. The Morgan fingerprint density at radius 1 is 1.58 bits per heavy atom. The van der Waals surface area contributed by atoms with Crippen LogP contribution in [0.5, 0.6) is 0 Å². The second kappa shape index (κ2) is 3.23. The number of halogens is 3. The van der Waals surface area contributed by atoms with Gasteiger partial charge in [-0.25, -0.2) is 8.78 Å². The molecule has 1 aromatic rings. The van der Waals surface area contributed by atoms with Gasteiger partial charge in [0.2, 0.25) is 0 Å². The summed E-state index contributed by atoms with van der Waals surface area (Å²) in [6.07, 6.45) is -2.74. The van der Waals surface area contributed by atoms with Gasteiger partial charge in [0.1, 0.15) is 5.69 Å². The fraction of sp³-hybridized carbons (Fsp3) is 0.286. The Kier molecular flexibility index (Phi) is 2.47. The first-order valence-corrected chi connectivity index (χ1v) is 3.57. The Hall–Kier alpha value is -0.900. The molecule has 0 bridgehead atoms. The van der Waals surface area contributed by atoms with Gasteiger partial charge in [-0.05, 0) is 13.0 Å². The van der Waals surface area contributed by atoms with Crippen LogP contribution in [0, 0.1) is 6.92 Å². The molecule has 0 saturated heterocycles. The average molecular weight is 194 g/mol. The van der Waals surface area contributed by atoms with Crippen LogP contribution in [0.4, 0.5) is 8.78 Å². The Morgan fingerprint density at radius 3 is 2.67 bits per heavy atom. The van der Waals surface area contributed by atoms with E-state index >= 15 is 0 Å². The zero-order valence-corrected chi connectivity index (χ0v) is 6.95. The van der Waals surface area contributed by atoms with Crippen LogP contribution in [0.2, 0.25) is 5.02 Å². The minimum absolute atomic E-state index is 0.109. The van der Waals surface area contributed by atoms with Gasteiger partial charge in [0, 0.05) is 5.56 Å². The third kappa shape index (κ3) is 1.64. The maximum absolute atomic E-state index is 12.1. The van der Waals surface area contributed by atoms with Gasteiger partial charge >= 0.3 is 0 Å². The molecule has 0 aliphatic heterocycles. The van der Waals surface area contributed by atoms with Crippen molar-refractivity contribution in [2.75, 3.05) is 0 Å².